The number of hydrogen-bond donors (Lipinski definition) is 1. The molecule has 6 heteroatoms. The van der Waals surface area contributed by atoms with Crippen molar-refractivity contribution in [3.63, 3.8) is 0 Å². The Kier molecular flexibility index (Phi) is 5.29. The van der Waals surface area contributed by atoms with Gasteiger partial charge in [-0.15, -0.1) is 0 Å². The maximum atomic E-state index is 13.4. The highest BCUT2D eigenvalue weighted by atomic mass is 19.1. The van der Waals surface area contributed by atoms with Gasteiger partial charge in [0.05, 0.1) is 18.8 Å². The van der Waals surface area contributed by atoms with Gasteiger partial charge in [0.1, 0.15) is 5.82 Å². The molecule has 1 N–H and O–H groups in total. The minimum atomic E-state index is -0.400. The number of nitrogens with zero attached hydrogens (tertiary/aromatic N) is 2. The first kappa shape index (κ1) is 14.7. The second-order valence-electron chi connectivity index (χ2n) is 4.85. The first-order chi connectivity index (χ1) is 9.70. The van der Waals surface area contributed by atoms with Crippen molar-refractivity contribution in [3.05, 3.63) is 29.8 Å². The van der Waals surface area contributed by atoms with Crippen LogP contribution in [0.5, 0.6) is 0 Å². The molecule has 1 fully saturated rings. The van der Waals surface area contributed by atoms with E-state index in [2.05, 4.69) is 10.3 Å². The highest BCUT2D eigenvalue weighted by Crippen LogP contribution is 2.16. The van der Waals surface area contributed by atoms with E-state index in [1.165, 1.54) is 18.3 Å². The number of amides is 2. The van der Waals surface area contributed by atoms with Crippen LogP contribution in [0.15, 0.2) is 18.3 Å². The summed E-state index contributed by atoms with van der Waals surface area (Å²) in [5, 5.41) is 2.70. The molecule has 1 aliphatic heterocycles. The van der Waals surface area contributed by atoms with Crippen LogP contribution in [-0.4, -0.2) is 42.2 Å². The molecule has 2 amide bonds. The molecule has 5 nitrogen and oxygen atoms in total. The summed E-state index contributed by atoms with van der Waals surface area (Å²) in [7, 11) is 0. The van der Waals surface area contributed by atoms with Gasteiger partial charge in [-0.25, -0.2) is 9.18 Å². The van der Waals surface area contributed by atoms with E-state index in [0.717, 1.165) is 6.42 Å². The fourth-order valence-electron chi connectivity index (χ4n) is 2.26. The number of carbonyl (C=O) groups is 1. The second kappa shape index (κ2) is 7.19. The van der Waals surface area contributed by atoms with Crippen LogP contribution in [-0.2, 0) is 11.3 Å². The van der Waals surface area contributed by atoms with Crippen LogP contribution in [0, 0.1) is 11.7 Å². The minimum absolute atomic E-state index is 0.109. The van der Waals surface area contributed by atoms with Gasteiger partial charge < -0.3 is 15.0 Å². The number of hydrogen-bond acceptors (Lipinski definition) is 3. The topological polar surface area (TPSA) is 54.5 Å². The highest BCUT2D eigenvalue weighted by Gasteiger charge is 2.26. The van der Waals surface area contributed by atoms with Gasteiger partial charge in [-0.1, -0.05) is 0 Å². The lowest BCUT2D eigenvalue weighted by atomic mass is 10.1. The Balaban J connectivity index is 1.77. The van der Waals surface area contributed by atoms with Gasteiger partial charge in [0.25, 0.3) is 0 Å². The van der Waals surface area contributed by atoms with E-state index < -0.39 is 5.82 Å². The quantitative estimate of drug-likeness (QED) is 0.895. The predicted octanol–water partition coefficient (Wildman–Crippen LogP) is 1.79. The molecule has 1 aromatic heterocycles. The Bertz CT molecular complexity index is 456. The minimum Gasteiger partial charge on any atom is -0.381 e. The number of halogens is 1. The SMILES string of the molecule is CCOC[C@@H]1CCN(C(=O)NCc2ncccc2F)C1. The second-order valence-corrected chi connectivity index (χ2v) is 4.85. The van der Waals surface area contributed by atoms with Crippen molar-refractivity contribution in [2.24, 2.45) is 5.92 Å². The molecule has 2 rings (SSSR count). The summed E-state index contributed by atoms with van der Waals surface area (Å²) in [5.74, 6) is -0.00395. The number of ether oxygens (including phenoxy) is 1. The normalized spacial score (nSPS) is 18.3. The summed E-state index contributed by atoms with van der Waals surface area (Å²) >= 11 is 0. The standard InChI is InChI=1S/C14H20FN3O2/c1-2-20-10-11-5-7-18(9-11)14(19)17-8-13-12(15)4-3-6-16-13/h3-4,6,11H,2,5,7-10H2,1H3,(H,17,19)/t11-/m1/s1. The van der Waals surface area contributed by atoms with E-state index in [9.17, 15) is 9.18 Å². The molecule has 1 atom stereocenters. The molecule has 1 saturated heterocycles. The molecule has 0 unspecified atom stereocenters. The Hall–Kier alpha value is -1.69. The summed E-state index contributed by atoms with van der Waals surface area (Å²) in [4.78, 5) is 17.6. The number of rotatable bonds is 5. The van der Waals surface area contributed by atoms with Crippen molar-refractivity contribution in [1.82, 2.24) is 15.2 Å². The number of likely N-dealkylation sites (tertiary alicyclic amines) is 1. The molecule has 1 aliphatic rings. The molecule has 20 heavy (non-hydrogen) atoms. The lowest BCUT2D eigenvalue weighted by molar-refractivity contribution is 0.113. The van der Waals surface area contributed by atoms with Crippen LogP contribution in [0.4, 0.5) is 9.18 Å². The molecule has 0 spiro atoms. The molecule has 2 heterocycles. The third-order valence-electron chi connectivity index (χ3n) is 3.37. The lowest BCUT2D eigenvalue weighted by Gasteiger charge is -2.17. The molecule has 1 aromatic rings. The average Bonchev–Trinajstić information content (AvgIpc) is 2.93. The van der Waals surface area contributed by atoms with Crippen molar-refractivity contribution in [2.45, 2.75) is 19.9 Å². The van der Waals surface area contributed by atoms with Crippen molar-refractivity contribution in [1.29, 1.82) is 0 Å². The number of pyridine rings is 1. The van der Waals surface area contributed by atoms with Crippen LogP contribution in [0.25, 0.3) is 0 Å². The van der Waals surface area contributed by atoms with Gasteiger partial charge >= 0.3 is 6.03 Å². The molecule has 0 radical (unpaired) electrons. The average molecular weight is 281 g/mol. The lowest BCUT2D eigenvalue weighted by Crippen LogP contribution is -2.38. The summed E-state index contributed by atoms with van der Waals surface area (Å²) < 4.78 is 18.7. The molecule has 0 bridgehead atoms. The van der Waals surface area contributed by atoms with Crippen molar-refractivity contribution < 1.29 is 13.9 Å². The summed E-state index contributed by atoms with van der Waals surface area (Å²) in [6, 6.07) is 2.69. The Labute approximate surface area is 118 Å². The predicted molar refractivity (Wildman–Crippen MR) is 72.6 cm³/mol. The zero-order valence-electron chi connectivity index (χ0n) is 11.6. The van der Waals surface area contributed by atoms with Crippen LogP contribution in [0.2, 0.25) is 0 Å². The summed E-state index contributed by atoms with van der Waals surface area (Å²) in [6.07, 6.45) is 2.46. The fourth-order valence-corrected chi connectivity index (χ4v) is 2.26. The Morgan fingerprint density at radius 2 is 2.50 bits per heavy atom. The smallest absolute Gasteiger partial charge is 0.317 e. The zero-order valence-corrected chi connectivity index (χ0v) is 11.6. The van der Waals surface area contributed by atoms with Crippen LogP contribution in [0.3, 0.4) is 0 Å². The summed E-state index contributed by atoms with van der Waals surface area (Å²) in [6.45, 7) is 4.86. The van der Waals surface area contributed by atoms with Gasteiger partial charge in [-0.05, 0) is 25.5 Å². The number of aromatic nitrogens is 1. The van der Waals surface area contributed by atoms with E-state index in [0.29, 0.717) is 32.2 Å². The first-order valence-electron chi connectivity index (χ1n) is 6.90. The largest absolute Gasteiger partial charge is 0.381 e. The first-order valence-corrected chi connectivity index (χ1v) is 6.90. The molecular formula is C14H20FN3O2. The Morgan fingerprint density at radius 3 is 3.25 bits per heavy atom. The van der Waals surface area contributed by atoms with Crippen molar-refractivity contribution in [3.8, 4) is 0 Å². The van der Waals surface area contributed by atoms with Gasteiger partial charge in [0, 0.05) is 31.8 Å². The molecule has 110 valence electrons. The fraction of sp³-hybridized carbons (Fsp3) is 0.571. The summed E-state index contributed by atoms with van der Waals surface area (Å²) in [5.41, 5.74) is 0.255. The highest BCUT2D eigenvalue weighted by molar-refractivity contribution is 5.74. The van der Waals surface area contributed by atoms with E-state index in [-0.39, 0.29) is 18.3 Å². The molecular weight excluding hydrogens is 261 g/mol. The van der Waals surface area contributed by atoms with Crippen LogP contribution < -0.4 is 5.32 Å². The Morgan fingerprint density at radius 1 is 1.65 bits per heavy atom. The molecule has 0 saturated carbocycles. The van der Waals surface area contributed by atoms with Crippen LogP contribution >= 0.6 is 0 Å². The van der Waals surface area contributed by atoms with E-state index in [1.807, 2.05) is 6.92 Å². The maximum absolute atomic E-state index is 13.4. The van der Waals surface area contributed by atoms with Crippen molar-refractivity contribution in [2.75, 3.05) is 26.3 Å². The molecule has 0 aliphatic carbocycles. The number of nitrogens with one attached hydrogen (secondary N) is 1. The van der Waals surface area contributed by atoms with Crippen molar-refractivity contribution >= 4 is 6.03 Å². The van der Waals surface area contributed by atoms with Gasteiger partial charge in [-0.3, -0.25) is 4.98 Å². The van der Waals surface area contributed by atoms with Crippen LogP contribution in [0.1, 0.15) is 19.0 Å². The van der Waals surface area contributed by atoms with Gasteiger partial charge in [-0.2, -0.15) is 0 Å². The van der Waals surface area contributed by atoms with E-state index in [4.69, 9.17) is 4.74 Å². The monoisotopic (exact) mass is 281 g/mol. The third-order valence-corrected chi connectivity index (χ3v) is 3.37. The third kappa shape index (κ3) is 3.90. The van der Waals surface area contributed by atoms with E-state index in [1.54, 1.807) is 4.90 Å². The maximum Gasteiger partial charge on any atom is 0.317 e. The van der Waals surface area contributed by atoms with Gasteiger partial charge in [0.2, 0.25) is 0 Å². The van der Waals surface area contributed by atoms with E-state index >= 15 is 0 Å². The zero-order chi connectivity index (χ0) is 14.4. The van der Waals surface area contributed by atoms with Gasteiger partial charge in [0.15, 0.2) is 0 Å². The number of carbonyl (C=O) groups excluding carboxylic acids is 1. The number of urea groups is 1. The molecule has 0 aromatic carbocycles.